The molecule has 51 heavy (non-hydrogen) atoms. The van der Waals surface area contributed by atoms with Crippen LogP contribution in [0, 0.1) is 30.6 Å². The molecule has 272 valence electrons. The van der Waals surface area contributed by atoms with Crippen LogP contribution in [0.4, 0.5) is 14.9 Å². The van der Waals surface area contributed by atoms with Gasteiger partial charge in [-0.3, -0.25) is 4.79 Å². The number of aryl methyl sites for hydroxylation is 1. The maximum absolute atomic E-state index is 15.0. The van der Waals surface area contributed by atoms with Crippen molar-refractivity contribution in [3.05, 3.63) is 76.9 Å². The van der Waals surface area contributed by atoms with Gasteiger partial charge in [-0.05, 0) is 132 Å². The van der Waals surface area contributed by atoms with Gasteiger partial charge in [-0.15, -0.1) is 0 Å². The van der Waals surface area contributed by atoms with Gasteiger partial charge in [0.05, 0.1) is 18.6 Å². The zero-order chi connectivity index (χ0) is 36.1. The lowest BCUT2D eigenvalue weighted by Gasteiger charge is -2.34. The average Bonchev–Trinajstić information content (AvgIpc) is 3.48. The quantitative estimate of drug-likeness (QED) is 0.230. The van der Waals surface area contributed by atoms with Crippen LogP contribution in [0.5, 0.6) is 0 Å². The van der Waals surface area contributed by atoms with Crippen molar-refractivity contribution in [3.63, 3.8) is 0 Å². The second-order valence-electron chi connectivity index (χ2n) is 15.7. The summed E-state index contributed by atoms with van der Waals surface area (Å²) in [7, 11) is 0. The SMILES string of the molecule is Cc1ccc(N[C@H]2CN(C(=O)OC(C)(C)C)C[C@H]2F)cc1C(=O)N[C@H](C)c1ccc(C#CC2CCN(CC3CCNCC3)CC2)c2ccccc12. The van der Waals surface area contributed by atoms with Crippen molar-refractivity contribution in [2.45, 2.75) is 84.2 Å². The van der Waals surface area contributed by atoms with E-state index in [4.69, 9.17) is 4.74 Å². The molecule has 0 saturated carbocycles. The highest BCUT2D eigenvalue weighted by atomic mass is 19.1. The molecule has 3 aliphatic rings. The molecule has 6 rings (SSSR count). The van der Waals surface area contributed by atoms with Crippen LogP contribution >= 0.6 is 0 Å². The van der Waals surface area contributed by atoms with Crippen molar-refractivity contribution < 1.29 is 18.7 Å². The lowest BCUT2D eigenvalue weighted by Crippen LogP contribution is -2.40. The Labute approximate surface area is 302 Å². The van der Waals surface area contributed by atoms with Crippen LogP contribution in [0.15, 0.2) is 54.6 Å². The third-order valence-corrected chi connectivity index (χ3v) is 10.5. The summed E-state index contributed by atoms with van der Waals surface area (Å²) >= 11 is 0. The monoisotopic (exact) mass is 695 g/mol. The molecule has 3 fully saturated rings. The number of amides is 2. The molecule has 0 radical (unpaired) electrons. The minimum atomic E-state index is -1.26. The van der Waals surface area contributed by atoms with Crippen molar-refractivity contribution in [3.8, 4) is 11.8 Å². The van der Waals surface area contributed by atoms with Gasteiger partial charge in [0.25, 0.3) is 5.91 Å². The van der Waals surface area contributed by atoms with E-state index in [-0.39, 0.29) is 25.0 Å². The van der Waals surface area contributed by atoms with E-state index in [1.165, 1.54) is 24.3 Å². The van der Waals surface area contributed by atoms with E-state index in [2.05, 4.69) is 57.0 Å². The van der Waals surface area contributed by atoms with Crippen LogP contribution in [0.1, 0.15) is 86.5 Å². The molecule has 0 bridgehead atoms. The number of hydrogen-bond donors (Lipinski definition) is 3. The molecule has 0 unspecified atom stereocenters. The molecule has 3 aromatic carbocycles. The van der Waals surface area contributed by atoms with E-state index in [0.717, 1.165) is 72.4 Å². The summed E-state index contributed by atoms with van der Waals surface area (Å²) in [5.41, 5.74) is 3.34. The van der Waals surface area contributed by atoms with E-state index in [1.807, 2.05) is 38.1 Å². The number of carbonyl (C=O) groups excluding carboxylic acids is 2. The van der Waals surface area contributed by atoms with Crippen molar-refractivity contribution in [1.82, 2.24) is 20.4 Å². The fourth-order valence-corrected chi connectivity index (χ4v) is 7.58. The number of hydrogen-bond acceptors (Lipinski definition) is 6. The van der Waals surface area contributed by atoms with Crippen LogP contribution in [0.3, 0.4) is 0 Å². The number of likely N-dealkylation sites (tertiary alicyclic amines) is 2. The Morgan fingerprint density at radius 3 is 2.45 bits per heavy atom. The zero-order valence-corrected chi connectivity index (χ0v) is 30.9. The standard InChI is InChI=1S/C42H54FN5O3/c1-28-10-14-33(46-39-27-48(26-38(39)43)41(50)51-42(3,4)5)24-37(28)40(49)45-29(2)34-15-13-32(35-8-6-7-9-36(34)35)12-11-30-18-22-47(23-19-30)25-31-16-20-44-21-17-31/h6-10,13-15,24,29-31,38-39,44,46H,16-23,25-27H2,1-5H3,(H,45,49)/t29-,38-,39+/m1/s1. The molecular weight excluding hydrogens is 641 g/mol. The number of nitrogens with one attached hydrogen (secondary N) is 3. The third-order valence-electron chi connectivity index (χ3n) is 10.5. The predicted octanol–water partition coefficient (Wildman–Crippen LogP) is 7.07. The fraction of sp³-hybridized carbons (Fsp3) is 0.524. The first-order chi connectivity index (χ1) is 24.4. The summed E-state index contributed by atoms with van der Waals surface area (Å²) in [5.74, 6) is 8.15. The van der Waals surface area contributed by atoms with Gasteiger partial charge in [0, 0.05) is 35.8 Å². The summed E-state index contributed by atoms with van der Waals surface area (Å²) < 4.78 is 20.4. The highest BCUT2D eigenvalue weighted by Gasteiger charge is 2.37. The highest BCUT2D eigenvalue weighted by molar-refractivity contribution is 5.97. The molecule has 0 aromatic heterocycles. The molecule has 9 heteroatoms. The Morgan fingerprint density at radius 1 is 1.00 bits per heavy atom. The van der Waals surface area contributed by atoms with E-state index in [9.17, 15) is 14.0 Å². The second-order valence-corrected chi connectivity index (χ2v) is 15.7. The normalized spacial score (nSPS) is 21.2. The van der Waals surface area contributed by atoms with Crippen molar-refractivity contribution in [2.24, 2.45) is 11.8 Å². The predicted molar refractivity (Wildman–Crippen MR) is 203 cm³/mol. The van der Waals surface area contributed by atoms with Crippen molar-refractivity contribution in [1.29, 1.82) is 0 Å². The van der Waals surface area contributed by atoms with Gasteiger partial charge in [0.15, 0.2) is 0 Å². The molecular formula is C42H54FN5O3. The van der Waals surface area contributed by atoms with Gasteiger partial charge in [-0.1, -0.05) is 48.2 Å². The number of fused-ring (bicyclic) bond motifs is 1. The first-order valence-electron chi connectivity index (χ1n) is 18.7. The molecule has 3 atom stereocenters. The van der Waals surface area contributed by atoms with Crippen LogP contribution in [0.25, 0.3) is 10.8 Å². The van der Waals surface area contributed by atoms with E-state index >= 15 is 0 Å². The number of carbonyl (C=O) groups is 2. The van der Waals surface area contributed by atoms with Gasteiger partial charge in [-0.2, -0.15) is 0 Å². The fourth-order valence-electron chi connectivity index (χ4n) is 7.58. The number of alkyl halides is 1. The number of benzene rings is 3. The molecule has 3 N–H and O–H groups in total. The number of ether oxygens (including phenoxy) is 1. The molecule has 0 aliphatic carbocycles. The number of anilines is 1. The largest absolute Gasteiger partial charge is 0.444 e. The number of rotatable bonds is 7. The highest BCUT2D eigenvalue weighted by Crippen LogP contribution is 2.29. The van der Waals surface area contributed by atoms with E-state index in [1.54, 1.807) is 26.8 Å². The number of nitrogens with zero attached hydrogens (tertiary/aromatic N) is 2. The van der Waals surface area contributed by atoms with Gasteiger partial charge in [0.1, 0.15) is 11.8 Å². The van der Waals surface area contributed by atoms with Crippen molar-refractivity contribution >= 4 is 28.5 Å². The molecule has 3 aliphatic heterocycles. The Hall–Kier alpha value is -4.13. The topological polar surface area (TPSA) is 85.9 Å². The molecule has 0 spiro atoms. The third kappa shape index (κ3) is 9.41. The van der Waals surface area contributed by atoms with Crippen LogP contribution in [-0.2, 0) is 4.74 Å². The molecule has 2 amide bonds. The summed E-state index contributed by atoms with van der Waals surface area (Å²) in [6, 6.07) is 17.0. The summed E-state index contributed by atoms with van der Waals surface area (Å²) in [6.07, 6.45) is 3.02. The first-order valence-corrected chi connectivity index (χ1v) is 18.7. The summed E-state index contributed by atoms with van der Waals surface area (Å²) in [6.45, 7) is 15.2. The van der Waals surface area contributed by atoms with Gasteiger partial charge in [0.2, 0.25) is 0 Å². The Balaban J connectivity index is 1.09. The van der Waals surface area contributed by atoms with Crippen LogP contribution in [0.2, 0.25) is 0 Å². The minimum Gasteiger partial charge on any atom is -0.444 e. The number of piperidine rings is 2. The second kappa shape index (κ2) is 16.0. The smallest absolute Gasteiger partial charge is 0.410 e. The van der Waals surface area contributed by atoms with Gasteiger partial charge >= 0.3 is 6.09 Å². The first kappa shape index (κ1) is 36.7. The lowest BCUT2D eigenvalue weighted by atomic mass is 9.92. The molecule has 3 heterocycles. The van der Waals surface area contributed by atoms with Gasteiger partial charge < -0.3 is 30.5 Å². The Bertz CT molecular complexity index is 1760. The molecule has 3 aromatic rings. The average molecular weight is 696 g/mol. The Morgan fingerprint density at radius 2 is 1.73 bits per heavy atom. The van der Waals surface area contributed by atoms with E-state index < -0.39 is 23.9 Å². The number of halogens is 1. The van der Waals surface area contributed by atoms with Crippen LogP contribution < -0.4 is 16.0 Å². The minimum absolute atomic E-state index is 0.0420. The van der Waals surface area contributed by atoms with E-state index in [0.29, 0.717) is 17.2 Å². The molecule has 8 nitrogen and oxygen atoms in total. The summed E-state index contributed by atoms with van der Waals surface area (Å²) in [5, 5.41) is 12.0. The zero-order valence-electron chi connectivity index (χ0n) is 30.9. The van der Waals surface area contributed by atoms with Crippen LogP contribution in [-0.4, -0.2) is 85.4 Å². The maximum Gasteiger partial charge on any atom is 0.410 e. The van der Waals surface area contributed by atoms with Crippen molar-refractivity contribution in [2.75, 3.05) is 51.1 Å². The molecule has 3 saturated heterocycles. The van der Waals surface area contributed by atoms with Gasteiger partial charge in [-0.25, -0.2) is 9.18 Å². The Kier molecular flexibility index (Phi) is 11.5. The lowest BCUT2D eigenvalue weighted by molar-refractivity contribution is 0.0283. The maximum atomic E-state index is 15.0. The summed E-state index contributed by atoms with van der Waals surface area (Å²) in [4.78, 5) is 30.2.